The van der Waals surface area contributed by atoms with E-state index in [0.717, 1.165) is 5.82 Å². The first kappa shape index (κ1) is 11.6. The van der Waals surface area contributed by atoms with E-state index in [0.29, 0.717) is 17.1 Å². The lowest BCUT2D eigenvalue weighted by molar-refractivity contribution is 0.411. The average molecular weight is 235 g/mol. The van der Waals surface area contributed by atoms with Gasteiger partial charge in [-0.3, -0.25) is 5.10 Å². The van der Waals surface area contributed by atoms with Crippen LogP contribution in [0.15, 0.2) is 18.2 Å². The van der Waals surface area contributed by atoms with Gasteiger partial charge < -0.3 is 4.74 Å². The number of nitrogens with zero attached hydrogens (tertiary/aromatic N) is 2. The molecule has 2 aromatic rings. The molecule has 1 N–H and O–H groups in total. The van der Waals surface area contributed by atoms with Crippen molar-refractivity contribution < 1.29 is 9.13 Å². The highest BCUT2D eigenvalue weighted by Crippen LogP contribution is 2.24. The zero-order valence-corrected chi connectivity index (χ0v) is 9.99. The van der Waals surface area contributed by atoms with Crippen molar-refractivity contribution in [2.45, 2.75) is 19.8 Å². The fraction of sp³-hybridized carbons (Fsp3) is 0.333. The third kappa shape index (κ3) is 2.27. The van der Waals surface area contributed by atoms with Crippen LogP contribution in [0.1, 0.15) is 25.6 Å². The summed E-state index contributed by atoms with van der Waals surface area (Å²) in [6, 6.07) is 4.62. The molecule has 0 aliphatic carbocycles. The second kappa shape index (κ2) is 4.53. The van der Waals surface area contributed by atoms with Gasteiger partial charge in [-0.25, -0.2) is 9.37 Å². The van der Waals surface area contributed by atoms with Crippen LogP contribution in [0.3, 0.4) is 0 Å². The molecule has 1 aromatic carbocycles. The van der Waals surface area contributed by atoms with Gasteiger partial charge in [-0.2, -0.15) is 5.10 Å². The predicted octanol–water partition coefficient (Wildman–Crippen LogP) is 2.74. The Morgan fingerprint density at radius 2 is 2.12 bits per heavy atom. The van der Waals surface area contributed by atoms with Gasteiger partial charge in [0.15, 0.2) is 5.82 Å². The normalized spacial score (nSPS) is 10.9. The Morgan fingerprint density at radius 1 is 1.35 bits per heavy atom. The van der Waals surface area contributed by atoms with E-state index in [9.17, 15) is 4.39 Å². The third-order valence-corrected chi connectivity index (χ3v) is 2.47. The highest BCUT2D eigenvalue weighted by atomic mass is 19.1. The van der Waals surface area contributed by atoms with E-state index in [1.54, 1.807) is 12.1 Å². The highest BCUT2D eigenvalue weighted by molar-refractivity contribution is 5.57. The monoisotopic (exact) mass is 235 g/mol. The Balaban J connectivity index is 2.38. The smallest absolute Gasteiger partial charge is 0.184 e. The zero-order chi connectivity index (χ0) is 12.4. The number of nitrogens with one attached hydrogen (secondary N) is 1. The van der Waals surface area contributed by atoms with Crippen LogP contribution < -0.4 is 4.74 Å². The molecule has 0 saturated carbocycles. The van der Waals surface area contributed by atoms with Crippen molar-refractivity contribution in [2.24, 2.45) is 0 Å². The first-order valence-corrected chi connectivity index (χ1v) is 5.38. The topological polar surface area (TPSA) is 50.8 Å². The molecule has 1 aromatic heterocycles. The average Bonchev–Trinajstić information content (AvgIpc) is 2.78. The minimum atomic E-state index is -0.390. The first-order valence-electron chi connectivity index (χ1n) is 5.38. The molecule has 5 heteroatoms. The lowest BCUT2D eigenvalue weighted by Gasteiger charge is -2.02. The van der Waals surface area contributed by atoms with Gasteiger partial charge in [0.25, 0.3) is 0 Å². The fourth-order valence-electron chi connectivity index (χ4n) is 1.46. The number of benzene rings is 1. The Labute approximate surface area is 98.8 Å². The zero-order valence-electron chi connectivity index (χ0n) is 9.99. The highest BCUT2D eigenvalue weighted by Gasteiger charge is 2.13. The molecule has 0 radical (unpaired) electrons. The number of halogens is 1. The molecule has 17 heavy (non-hydrogen) atoms. The lowest BCUT2D eigenvalue weighted by Crippen LogP contribution is -1.91. The number of rotatable bonds is 3. The van der Waals surface area contributed by atoms with Gasteiger partial charge in [0.2, 0.25) is 0 Å². The van der Waals surface area contributed by atoms with Gasteiger partial charge in [0.05, 0.1) is 12.7 Å². The van der Waals surface area contributed by atoms with Gasteiger partial charge in [-0.05, 0) is 12.1 Å². The van der Waals surface area contributed by atoms with E-state index in [1.807, 2.05) is 13.8 Å². The van der Waals surface area contributed by atoms with Crippen LogP contribution >= 0.6 is 0 Å². The number of H-pyrrole nitrogens is 1. The quantitative estimate of drug-likeness (QED) is 0.889. The van der Waals surface area contributed by atoms with Crippen LogP contribution in [0.25, 0.3) is 11.4 Å². The summed E-state index contributed by atoms with van der Waals surface area (Å²) in [5.41, 5.74) is 0.369. The van der Waals surface area contributed by atoms with E-state index >= 15 is 0 Å². The van der Waals surface area contributed by atoms with E-state index in [4.69, 9.17) is 4.74 Å². The van der Waals surface area contributed by atoms with Gasteiger partial charge in [0, 0.05) is 12.0 Å². The van der Waals surface area contributed by atoms with Crippen molar-refractivity contribution in [1.29, 1.82) is 0 Å². The van der Waals surface area contributed by atoms with Crippen LogP contribution in [0.4, 0.5) is 4.39 Å². The van der Waals surface area contributed by atoms with Gasteiger partial charge in [-0.15, -0.1) is 0 Å². The molecule has 0 aliphatic heterocycles. The maximum Gasteiger partial charge on any atom is 0.184 e. The van der Waals surface area contributed by atoms with Crippen LogP contribution in [0, 0.1) is 5.82 Å². The van der Waals surface area contributed by atoms with E-state index in [1.165, 1.54) is 13.2 Å². The summed E-state index contributed by atoms with van der Waals surface area (Å²) in [5, 5.41) is 6.81. The first-order chi connectivity index (χ1) is 8.11. The summed E-state index contributed by atoms with van der Waals surface area (Å²) >= 11 is 0. The van der Waals surface area contributed by atoms with Gasteiger partial charge in [0.1, 0.15) is 17.4 Å². The van der Waals surface area contributed by atoms with E-state index in [-0.39, 0.29) is 5.92 Å². The largest absolute Gasteiger partial charge is 0.497 e. The molecule has 0 saturated heterocycles. The van der Waals surface area contributed by atoms with Crippen molar-refractivity contribution in [3.63, 3.8) is 0 Å². The summed E-state index contributed by atoms with van der Waals surface area (Å²) in [6.07, 6.45) is 0. The summed E-state index contributed by atoms with van der Waals surface area (Å²) < 4.78 is 18.7. The Hall–Kier alpha value is -1.91. The Morgan fingerprint density at radius 3 is 2.65 bits per heavy atom. The number of aromatic nitrogens is 3. The predicted molar refractivity (Wildman–Crippen MR) is 62.4 cm³/mol. The van der Waals surface area contributed by atoms with Crippen LogP contribution in [0.5, 0.6) is 5.75 Å². The molecule has 0 aliphatic rings. The summed E-state index contributed by atoms with van der Waals surface area (Å²) in [4.78, 5) is 4.25. The minimum absolute atomic E-state index is 0.234. The lowest BCUT2D eigenvalue weighted by atomic mass is 10.2. The maximum atomic E-state index is 13.8. The third-order valence-electron chi connectivity index (χ3n) is 2.47. The fourth-order valence-corrected chi connectivity index (χ4v) is 1.46. The van der Waals surface area contributed by atoms with Crippen molar-refractivity contribution in [2.75, 3.05) is 7.11 Å². The Kier molecular flexibility index (Phi) is 3.08. The van der Waals surface area contributed by atoms with E-state index in [2.05, 4.69) is 15.2 Å². The van der Waals surface area contributed by atoms with Gasteiger partial charge >= 0.3 is 0 Å². The molecule has 1 heterocycles. The number of hydrogen-bond acceptors (Lipinski definition) is 3. The molecule has 0 fully saturated rings. The van der Waals surface area contributed by atoms with Crippen LogP contribution in [0.2, 0.25) is 0 Å². The second-order valence-corrected chi connectivity index (χ2v) is 4.04. The van der Waals surface area contributed by atoms with Crippen molar-refractivity contribution >= 4 is 0 Å². The van der Waals surface area contributed by atoms with Crippen LogP contribution in [-0.2, 0) is 0 Å². The second-order valence-electron chi connectivity index (χ2n) is 4.04. The number of methoxy groups -OCH3 is 1. The van der Waals surface area contributed by atoms with Gasteiger partial charge in [-0.1, -0.05) is 13.8 Å². The van der Waals surface area contributed by atoms with Crippen molar-refractivity contribution in [1.82, 2.24) is 15.2 Å². The number of aromatic amines is 1. The van der Waals surface area contributed by atoms with Crippen molar-refractivity contribution in [3.05, 3.63) is 29.8 Å². The minimum Gasteiger partial charge on any atom is -0.497 e. The molecule has 2 rings (SSSR count). The standard InChI is InChI=1S/C12H14FN3O/c1-7(2)11-14-12(16-15-11)9-5-4-8(17-3)6-10(9)13/h4-7H,1-3H3,(H,14,15,16). The molecule has 0 unspecified atom stereocenters. The molecule has 90 valence electrons. The van der Waals surface area contributed by atoms with E-state index < -0.39 is 5.82 Å². The number of ether oxygens (including phenoxy) is 1. The molecule has 0 spiro atoms. The summed E-state index contributed by atoms with van der Waals surface area (Å²) in [6.45, 7) is 3.99. The molecule has 0 bridgehead atoms. The number of hydrogen-bond donors (Lipinski definition) is 1. The maximum absolute atomic E-state index is 13.8. The SMILES string of the molecule is COc1ccc(-c2n[nH]c(C(C)C)n2)c(F)c1. The summed E-state index contributed by atoms with van der Waals surface area (Å²) in [5.74, 6) is 1.44. The molecular weight excluding hydrogens is 221 g/mol. The molecule has 4 nitrogen and oxygen atoms in total. The Bertz CT molecular complexity index is 522. The molecule has 0 amide bonds. The van der Waals surface area contributed by atoms with Crippen molar-refractivity contribution in [3.8, 4) is 17.1 Å². The molecule has 0 atom stereocenters. The van der Waals surface area contributed by atoms with Crippen LogP contribution in [-0.4, -0.2) is 22.3 Å². The summed E-state index contributed by atoms with van der Waals surface area (Å²) in [7, 11) is 1.50. The molecular formula is C12H14FN3O.